The van der Waals surface area contributed by atoms with Crippen LogP contribution >= 0.6 is 15.9 Å². The molecule has 1 fully saturated rings. The van der Waals surface area contributed by atoms with Crippen LogP contribution in [-0.2, 0) is 16.0 Å². The Hall–Kier alpha value is -1.56. The highest BCUT2D eigenvalue weighted by atomic mass is 79.9. The number of halogens is 1. The summed E-state index contributed by atoms with van der Waals surface area (Å²) in [5.41, 5.74) is 1.06. The molecule has 21 heavy (non-hydrogen) atoms. The lowest BCUT2D eigenvalue weighted by Crippen LogP contribution is -2.55. The van der Waals surface area contributed by atoms with Crippen LogP contribution in [-0.4, -0.2) is 43.0 Å². The first kappa shape index (κ1) is 15.8. The van der Waals surface area contributed by atoms with Crippen LogP contribution < -0.4 is 10.1 Å². The van der Waals surface area contributed by atoms with Crippen LogP contribution in [0, 0.1) is 0 Å². The molecule has 1 aromatic carbocycles. The van der Waals surface area contributed by atoms with Gasteiger partial charge in [-0.2, -0.15) is 0 Å². The van der Waals surface area contributed by atoms with E-state index in [-0.39, 0.29) is 17.9 Å². The SMILES string of the molecule is COc1ccc(CCC(=O)N2CCNC(=O)C2C)cc1Br. The van der Waals surface area contributed by atoms with Gasteiger partial charge in [-0.1, -0.05) is 6.07 Å². The smallest absolute Gasteiger partial charge is 0.242 e. The summed E-state index contributed by atoms with van der Waals surface area (Å²) in [6.07, 6.45) is 1.04. The van der Waals surface area contributed by atoms with Crippen molar-refractivity contribution in [3.8, 4) is 5.75 Å². The molecule has 0 radical (unpaired) electrons. The van der Waals surface area contributed by atoms with E-state index in [4.69, 9.17) is 4.74 Å². The van der Waals surface area contributed by atoms with E-state index < -0.39 is 0 Å². The average molecular weight is 355 g/mol. The average Bonchev–Trinajstić information content (AvgIpc) is 2.47. The van der Waals surface area contributed by atoms with Crippen LogP contribution in [0.4, 0.5) is 0 Å². The van der Waals surface area contributed by atoms with Crippen LogP contribution in [0.2, 0.25) is 0 Å². The zero-order valence-electron chi connectivity index (χ0n) is 12.2. The summed E-state index contributed by atoms with van der Waals surface area (Å²) < 4.78 is 6.06. The van der Waals surface area contributed by atoms with E-state index in [1.54, 1.807) is 18.9 Å². The van der Waals surface area contributed by atoms with Gasteiger partial charge in [0.25, 0.3) is 0 Å². The second-order valence-corrected chi connectivity index (χ2v) is 5.88. The van der Waals surface area contributed by atoms with Crippen molar-refractivity contribution in [1.29, 1.82) is 0 Å². The number of benzene rings is 1. The number of hydrogen-bond acceptors (Lipinski definition) is 3. The lowest BCUT2D eigenvalue weighted by molar-refractivity contribution is -0.142. The molecule has 2 amide bonds. The van der Waals surface area contributed by atoms with Gasteiger partial charge in [0.1, 0.15) is 11.8 Å². The fourth-order valence-corrected chi connectivity index (χ4v) is 2.97. The predicted molar refractivity (Wildman–Crippen MR) is 83.2 cm³/mol. The summed E-state index contributed by atoms with van der Waals surface area (Å²) in [7, 11) is 1.62. The minimum atomic E-state index is -0.381. The van der Waals surface area contributed by atoms with E-state index in [9.17, 15) is 9.59 Å². The first-order chi connectivity index (χ1) is 10.0. The van der Waals surface area contributed by atoms with Gasteiger partial charge in [-0.15, -0.1) is 0 Å². The van der Waals surface area contributed by atoms with Gasteiger partial charge in [-0.25, -0.2) is 0 Å². The maximum Gasteiger partial charge on any atom is 0.242 e. The van der Waals surface area contributed by atoms with Crippen molar-refractivity contribution in [2.24, 2.45) is 0 Å². The molecule has 0 spiro atoms. The third-order valence-electron chi connectivity index (χ3n) is 3.66. The number of piperazine rings is 1. The summed E-state index contributed by atoms with van der Waals surface area (Å²) in [6.45, 7) is 2.87. The molecule has 0 aliphatic carbocycles. The fraction of sp³-hybridized carbons (Fsp3) is 0.467. The molecule has 1 atom stereocenters. The van der Waals surface area contributed by atoms with Gasteiger partial charge in [0.15, 0.2) is 0 Å². The van der Waals surface area contributed by atoms with Gasteiger partial charge in [-0.05, 0) is 47.0 Å². The van der Waals surface area contributed by atoms with Gasteiger partial charge >= 0.3 is 0 Å². The van der Waals surface area contributed by atoms with Crippen LogP contribution in [0.3, 0.4) is 0 Å². The predicted octanol–water partition coefficient (Wildman–Crippen LogP) is 1.74. The van der Waals surface area contributed by atoms with Crippen LogP contribution in [0.25, 0.3) is 0 Å². The Morgan fingerprint density at radius 2 is 2.29 bits per heavy atom. The molecule has 1 saturated heterocycles. The summed E-state index contributed by atoms with van der Waals surface area (Å²) in [6, 6.07) is 5.40. The quantitative estimate of drug-likeness (QED) is 0.895. The molecule has 5 nitrogen and oxygen atoms in total. The molecule has 1 aliphatic heterocycles. The van der Waals surface area contributed by atoms with Crippen molar-refractivity contribution in [3.63, 3.8) is 0 Å². The van der Waals surface area contributed by atoms with Crippen molar-refractivity contribution < 1.29 is 14.3 Å². The fourth-order valence-electron chi connectivity index (χ4n) is 2.38. The maximum atomic E-state index is 12.2. The maximum absolute atomic E-state index is 12.2. The third kappa shape index (κ3) is 3.75. The van der Waals surface area contributed by atoms with Crippen LogP contribution in [0.5, 0.6) is 5.75 Å². The largest absolute Gasteiger partial charge is 0.496 e. The number of hydrogen-bond donors (Lipinski definition) is 1. The molecule has 114 valence electrons. The molecule has 1 aliphatic rings. The number of methoxy groups -OCH3 is 1. The van der Waals surface area contributed by atoms with Crippen molar-refractivity contribution in [2.45, 2.75) is 25.8 Å². The number of carbonyl (C=O) groups is 2. The van der Waals surface area contributed by atoms with Crippen molar-refractivity contribution >= 4 is 27.7 Å². The molecule has 1 unspecified atom stereocenters. The Balaban J connectivity index is 1.94. The molecular weight excluding hydrogens is 336 g/mol. The van der Waals surface area contributed by atoms with Crippen molar-refractivity contribution in [3.05, 3.63) is 28.2 Å². The molecule has 0 bridgehead atoms. The van der Waals surface area contributed by atoms with Gasteiger partial charge in [0.2, 0.25) is 11.8 Å². The minimum absolute atomic E-state index is 0.0179. The van der Waals surface area contributed by atoms with E-state index in [0.717, 1.165) is 15.8 Å². The van der Waals surface area contributed by atoms with Gasteiger partial charge < -0.3 is 15.0 Å². The summed E-state index contributed by atoms with van der Waals surface area (Å²) in [5.74, 6) is 0.706. The van der Waals surface area contributed by atoms with Gasteiger partial charge in [-0.3, -0.25) is 9.59 Å². The Bertz CT molecular complexity index is 548. The number of nitrogens with zero attached hydrogens (tertiary/aromatic N) is 1. The van der Waals surface area contributed by atoms with Gasteiger partial charge in [0, 0.05) is 19.5 Å². The summed E-state index contributed by atoms with van der Waals surface area (Å²) in [5, 5.41) is 2.76. The lowest BCUT2D eigenvalue weighted by atomic mass is 10.1. The van der Waals surface area contributed by atoms with Crippen molar-refractivity contribution in [2.75, 3.05) is 20.2 Å². The molecule has 0 aromatic heterocycles. The minimum Gasteiger partial charge on any atom is -0.496 e. The van der Waals surface area contributed by atoms with Crippen molar-refractivity contribution in [1.82, 2.24) is 10.2 Å². The highest BCUT2D eigenvalue weighted by Crippen LogP contribution is 2.26. The topological polar surface area (TPSA) is 58.6 Å². The Morgan fingerprint density at radius 1 is 1.52 bits per heavy atom. The lowest BCUT2D eigenvalue weighted by Gasteiger charge is -2.32. The van der Waals surface area contributed by atoms with Crippen LogP contribution in [0.15, 0.2) is 22.7 Å². The Morgan fingerprint density at radius 3 is 2.95 bits per heavy atom. The molecule has 1 heterocycles. The van der Waals surface area contributed by atoms with E-state index in [0.29, 0.717) is 25.9 Å². The second-order valence-electron chi connectivity index (χ2n) is 5.02. The second kappa shape index (κ2) is 6.93. The standard InChI is InChI=1S/C15H19BrN2O3/c1-10-15(20)17-7-8-18(10)14(19)6-4-11-3-5-13(21-2)12(16)9-11/h3,5,9-10H,4,6-8H2,1-2H3,(H,17,20). The van der Waals surface area contributed by atoms with E-state index in [1.807, 2.05) is 18.2 Å². The van der Waals surface area contributed by atoms with Crippen LogP contribution in [0.1, 0.15) is 18.9 Å². The number of ether oxygens (including phenoxy) is 1. The van der Waals surface area contributed by atoms with E-state index >= 15 is 0 Å². The number of rotatable bonds is 4. The highest BCUT2D eigenvalue weighted by Gasteiger charge is 2.28. The molecule has 1 aromatic rings. The first-order valence-corrected chi connectivity index (χ1v) is 7.72. The molecular formula is C15H19BrN2O3. The number of carbonyl (C=O) groups excluding carboxylic acids is 2. The molecule has 2 rings (SSSR count). The zero-order valence-corrected chi connectivity index (χ0v) is 13.8. The Kier molecular flexibility index (Phi) is 5.22. The third-order valence-corrected chi connectivity index (χ3v) is 4.28. The van der Waals surface area contributed by atoms with E-state index in [1.165, 1.54) is 0 Å². The van der Waals surface area contributed by atoms with Gasteiger partial charge in [0.05, 0.1) is 11.6 Å². The number of amides is 2. The Labute approximate surface area is 132 Å². The monoisotopic (exact) mass is 354 g/mol. The summed E-state index contributed by atoms with van der Waals surface area (Å²) >= 11 is 3.44. The number of aryl methyl sites for hydroxylation is 1. The molecule has 1 N–H and O–H groups in total. The highest BCUT2D eigenvalue weighted by molar-refractivity contribution is 9.10. The number of nitrogens with one attached hydrogen (secondary N) is 1. The first-order valence-electron chi connectivity index (χ1n) is 6.92. The molecule has 6 heteroatoms. The zero-order chi connectivity index (χ0) is 15.4. The normalized spacial score (nSPS) is 18.3. The molecule has 0 saturated carbocycles. The van der Waals surface area contributed by atoms with E-state index in [2.05, 4.69) is 21.2 Å². The summed E-state index contributed by atoms with van der Waals surface area (Å²) in [4.78, 5) is 25.5.